The van der Waals surface area contributed by atoms with Gasteiger partial charge < -0.3 is 14.2 Å². The molecule has 0 unspecified atom stereocenters. The molecule has 0 N–H and O–H groups in total. The molecule has 4 nitrogen and oxygen atoms in total. The Morgan fingerprint density at radius 1 is 1.11 bits per heavy atom. The van der Waals surface area contributed by atoms with Gasteiger partial charge in [0.05, 0.1) is 6.54 Å². The minimum Gasteiger partial charge on any atom is -0.385 e. The highest BCUT2D eigenvalue weighted by molar-refractivity contribution is 5.78. The molecule has 0 aliphatic heterocycles. The zero-order chi connectivity index (χ0) is 20.2. The van der Waals surface area contributed by atoms with E-state index in [1.807, 2.05) is 11.0 Å². The molecule has 0 spiro atoms. The average Bonchev–Trinajstić information content (AvgIpc) is 3.15. The molecule has 154 valence electrons. The summed E-state index contributed by atoms with van der Waals surface area (Å²) in [5.74, 6) is 0.416. The monoisotopic (exact) mass is 384 g/mol. The largest absolute Gasteiger partial charge is 0.385 e. The van der Waals surface area contributed by atoms with Gasteiger partial charge in [0.25, 0.3) is 0 Å². The van der Waals surface area contributed by atoms with Crippen LogP contribution in [0.25, 0.3) is 0 Å². The summed E-state index contributed by atoms with van der Waals surface area (Å²) in [5, 5.41) is 0. The highest BCUT2D eigenvalue weighted by atomic mass is 16.5. The molecule has 1 aromatic heterocycles. The summed E-state index contributed by atoms with van der Waals surface area (Å²) in [7, 11) is 1.72. The van der Waals surface area contributed by atoms with E-state index in [2.05, 4.69) is 61.0 Å². The molecule has 0 radical (unpaired) electrons. The third-order valence-electron chi connectivity index (χ3n) is 5.31. The molecule has 0 saturated heterocycles. The molecule has 1 heterocycles. The summed E-state index contributed by atoms with van der Waals surface area (Å²) >= 11 is 0. The van der Waals surface area contributed by atoms with Crippen molar-refractivity contribution in [2.45, 2.75) is 59.0 Å². The number of nitrogens with zero attached hydrogens (tertiary/aromatic N) is 2. The lowest BCUT2D eigenvalue weighted by Crippen LogP contribution is -2.37. The van der Waals surface area contributed by atoms with Crippen LogP contribution in [0.5, 0.6) is 0 Å². The number of hydrogen-bond acceptors (Lipinski definition) is 2. The fourth-order valence-electron chi connectivity index (χ4n) is 3.60. The fraction of sp³-hybridized carbons (Fsp3) is 0.542. The molecular formula is C24H36N2O2. The maximum Gasteiger partial charge on any atom is 0.226 e. The number of methoxy groups -OCH3 is 1. The average molecular weight is 385 g/mol. The quantitative estimate of drug-likeness (QED) is 0.449. The number of carbonyl (C=O) groups is 1. The second-order valence-corrected chi connectivity index (χ2v) is 7.47. The maximum atomic E-state index is 13.2. The van der Waals surface area contributed by atoms with E-state index in [1.54, 1.807) is 7.11 Å². The standard InChI is InChI=1S/C24H36N2O2/c1-4-6-14-22(5-2)24(27)26(17-11-18-28-3)20-23-15-10-16-25(23)19-21-12-8-7-9-13-21/h7-10,12-13,15-16,22H,4-6,11,14,17-20H2,1-3H3/t22-/m1/s1. The molecule has 2 aromatic rings. The van der Waals surface area contributed by atoms with Crippen LogP contribution in [0.15, 0.2) is 48.7 Å². The molecule has 1 amide bonds. The first-order chi connectivity index (χ1) is 13.7. The van der Waals surface area contributed by atoms with E-state index in [0.717, 1.165) is 45.2 Å². The Morgan fingerprint density at radius 3 is 2.57 bits per heavy atom. The van der Waals surface area contributed by atoms with Gasteiger partial charge in [-0.05, 0) is 37.0 Å². The van der Waals surface area contributed by atoms with Crippen molar-refractivity contribution in [1.29, 1.82) is 0 Å². The molecule has 0 saturated carbocycles. The second-order valence-electron chi connectivity index (χ2n) is 7.47. The molecular weight excluding hydrogens is 348 g/mol. The number of hydrogen-bond donors (Lipinski definition) is 0. The Labute approximate surface area is 170 Å². The topological polar surface area (TPSA) is 34.5 Å². The second kappa shape index (κ2) is 12.4. The third-order valence-corrected chi connectivity index (χ3v) is 5.31. The maximum absolute atomic E-state index is 13.2. The zero-order valence-corrected chi connectivity index (χ0v) is 17.8. The van der Waals surface area contributed by atoms with E-state index in [1.165, 1.54) is 11.3 Å². The minimum absolute atomic E-state index is 0.125. The number of unbranched alkanes of at least 4 members (excludes halogenated alkanes) is 1. The van der Waals surface area contributed by atoms with Crippen molar-refractivity contribution < 1.29 is 9.53 Å². The van der Waals surface area contributed by atoms with Gasteiger partial charge in [-0.1, -0.05) is 57.0 Å². The van der Waals surface area contributed by atoms with E-state index < -0.39 is 0 Å². The van der Waals surface area contributed by atoms with E-state index in [0.29, 0.717) is 19.1 Å². The van der Waals surface area contributed by atoms with Crippen LogP contribution in [-0.2, 0) is 22.6 Å². The lowest BCUT2D eigenvalue weighted by Gasteiger charge is -2.28. The summed E-state index contributed by atoms with van der Waals surface area (Å²) in [6, 6.07) is 14.7. The molecule has 0 fully saturated rings. The van der Waals surface area contributed by atoms with Crippen LogP contribution < -0.4 is 0 Å². The van der Waals surface area contributed by atoms with Crippen molar-refractivity contribution >= 4 is 5.91 Å². The van der Waals surface area contributed by atoms with E-state index >= 15 is 0 Å². The van der Waals surface area contributed by atoms with Crippen LogP contribution in [0, 0.1) is 5.92 Å². The summed E-state index contributed by atoms with van der Waals surface area (Å²) < 4.78 is 7.47. The van der Waals surface area contributed by atoms with Gasteiger partial charge in [0.2, 0.25) is 5.91 Å². The summed E-state index contributed by atoms with van der Waals surface area (Å²) in [4.78, 5) is 15.3. The van der Waals surface area contributed by atoms with Crippen molar-refractivity contribution in [3.8, 4) is 0 Å². The van der Waals surface area contributed by atoms with Crippen LogP contribution in [0.4, 0.5) is 0 Å². The van der Waals surface area contributed by atoms with Crippen molar-refractivity contribution in [2.24, 2.45) is 5.92 Å². The molecule has 0 bridgehead atoms. The first kappa shape index (κ1) is 22.2. The molecule has 28 heavy (non-hydrogen) atoms. The molecule has 1 aromatic carbocycles. The van der Waals surface area contributed by atoms with Gasteiger partial charge in [0.15, 0.2) is 0 Å². The van der Waals surface area contributed by atoms with Gasteiger partial charge in [-0.3, -0.25) is 4.79 Å². The number of carbonyl (C=O) groups excluding carboxylic acids is 1. The van der Waals surface area contributed by atoms with Gasteiger partial charge >= 0.3 is 0 Å². The van der Waals surface area contributed by atoms with Crippen LogP contribution in [0.2, 0.25) is 0 Å². The van der Waals surface area contributed by atoms with Crippen LogP contribution >= 0.6 is 0 Å². The highest BCUT2D eigenvalue weighted by Gasteiger charge is 2.23. The Bertz CT molecular complexity index is 681. The van der Waals surface area contributed by atoms with Crippen LogP contribution in [0.1, 0.15) is 57.2 Å². The smallest absolute Gasteiger partial charge is 0.226 e. The van der Waals surface area contributed by atoms with E-state index in [9.17, 15) is 4.79 Å². The van der Waals surface area contributed by atoms with Gasteiger partial charge in [-0.25, -0.2) is 0 Å². The number of amides is 1. The highest BCUT2D eigenvalue weighted by Crippen LogP contribution is 2.19. The number of ether oxygens (including phenoxy) is 1. The predicted octanol–water partition coefficient (Wildman–Crippen LogP) is 5.12. The first-order valence-electron chi connectivity index (χ1n) is 10.6. The third kappa shape index (κ3) is 6.83. The van der Waals surface area contributed by atoms with Crippen molar-refractivity contribution in [1.82, 2.24) is 9.47 Å². The van der Waals surface area contributed by atoms with Crippen LogP contribution in [-0.4, -0.2) is 35.6 Å². The molecule has 0 aliphatic rings. The van der Waals surface area contributed by atoms with Gasteiger partial charge in [0, 0.05) is 44.6 Å². The molecule has 1 atom stereocenters. The SMILES string of the molecule is CCCC[C@@H](CC)C(=O)N(CCCOC)Cc1cccn1Cc1ccccc1. The van der Waals surface area contributed by atoms with Crippen molar-refractivity contribution in [2.75, 3.05) is 20.3 Å². The molecule has 2 rings (SSSR count). The predicted molar refractivity (Wildman–Crippen MR) is 115 cm³/mol. The van der Waals surface area contributed by atoms with Crippen LogP contribution in [0.3, 0.4) is 0 Å². The Kier molecular flexibility index (Phi) is 9.84. The number of rotatable bonds is 13. The first-order valence-corrected chi connectivity index (χ1v) is 10.6. The lowest BCUT2D eigenvalue weighted by atomic mass is 9.97. The molecule has 0 aliphatic carbocycles. The zero-order valence-electron chi connectivity index (χ0n) is 17.8. The number of benzene rings is 1. The van der Waals surface area contributed by atoms with Gasteiger partial charge in [-0.15, -0.1) is 0 Å². The minimum atomic E-state index is 0.125. The van der Waals surface area contributed by atoms with Gasteiger partial charge in [-0.2, -0.15) is 0 Å². The molecule has 4 heteroatoms. The normalized spacial score (nSPS) is 12.1. The Hall–Kier alpha value is -2.07. The summed E-state index contributed by atoms with van der Waals surface area (Å²) in [6.45, 7) is 7.22. The Balaban J connectivity index is 2.11. The Morgan fingerprint density at radius 2 is 1.89 bits per heavy atom. The van der Waals surface area contributed by atoms with E-state index in [4.69, 9.17) is 4.74 Å². The van der Waals surface area contributed by atoms with Crippen molar-refractivity contribution in [3.05, 3.63) is 59.9 Å². The summed E-state index contributed by atoms with van der Waals surface area (Å²) in [6.07, 6.45) is 7.11. The fourth-order valence-corrected chi connectivity index (χ4v) is 3.60. The number of aromatic nitrogens is 1. The van der Waals surface area contributed by atoms with Gasteiger partial charge in [0.1, 0.15) is 0 Å². The van der Waals surface area contributed by atoms with E-state index in [-0.39, 0.29) is 5.92 Å². The van der Waals surface area contributed by atoms with Crippen molar-refractivity contribution in [3.63, 3.8) is 0 Å². The summed E-state index contributed by atoms with van der Waals surface area (Å²) in [5.41, 5.74) is 2.45. The lowest BCUT2D eigenvalue weighted by molar-refractivity contribution is -0.136.